The Morgan fingerprint density at radius 2 is 2.00 bits per heavy atom. The van der Waals surface area contributed by atoms with Gasteiger partial charge in [0.25, 0.3) is 0 Å². The zero-order valence-electron chi connectivity index (χ0n) is 14.2. The lowest BCUT2D eigenvalue weighted by atomic mass is 10.1. The minimum Gasteiger partial charge on any atom is -0.493 e. The number of fused-ring (bicyclic) bond motifs is 1. The molecule has 1 fully saturated rings. The summed E-state index contributed by atoms with van der Waals surface area (Å²) < 4.78 is 47.2. The molecule has 2 aliphatic heterocycles. The smallest absolute Gasteiger partial charge is 0.243 e. The molecule has 0 bridgehead atoms. The molecule has 0 aromatic heterocycles. The van der Waals surface area contributed by atoms with Gasteiger partial charge in [-0.25, -0.2) is 12.8 Å². The van der Waals surface area contributed by atoms with E-state index in [0.717, 1.165) is 17.7 Å². The standard InChI is InChI=1S/C19H20FNO3S2/c20-17-4-2-1-3-16(17)19-7-9-21(10-12-25-19)26(22,23)15-5-6-18-14(13-15)8-11-24-18/h1-6,13,19H,7-12H2/t19-/m1/s1. The molecule has 26 heavy (non-hydrogen) atoms. The fourth-order valence-corrected chi connectivity index (χ4v) is 6.32. The third-order valence-corrected chi connectivity index (χ3v) is 8.06. The number of thioether (sulfide) groups is 1. The minimum atomic E-state index is -3.55. The fraction of sp³-hybridized carbons (Fsp3) is 0.368. The van der Waals surface area contributed by atoms with Crippen LogP contribution >= 0.6 is 11.8 Å². The van der Waals surface area contributed by atoms with Crippen LogP contribution in [0.5, 0.6) is 5.75 Å². The highest BCUT2D eigenvalue weighted by Crippen LogP contribution is 2.37. The van der Waals surface area contributed by atoms with Gasteiger partial charge in [0.15, 0.2) is 0 Å². The van der Waals surface area contributed by atoms with Gasteiger partial charge in [0, 0.05) is 36.1 Å². The normalized spacial score (nSPS) is 21.0. The fourth-order valence-electron chi connectivity index (χ4n) is 3.45. The van der Waals surface area contributed by atoms with Crippen molar-refractivity contribution >= 4 is 21.8 Å². The number of ether oxygens (including phenoxy) is 1. The van der Waals surface area contributed by atoms with Gasteiger partial charge in [0.2, 0.25) is 10.0 Å². The van der Waals surface area contributed by atoms with Gasteiger partial charge in [-0.1, -0.05) is 18.2 Å². The van der Waals surface area contributed by atoms with Gasteiger partial charge in [-0.3, -0.25) is 0 Å². The molecule has 2 aliphatic rings. The molecule has 1 saturated heterocycles. The van der Waals surface area contributed by atoms with Crippen molar-refractivity contribution < 1.29 is 17.5 Å². The summed E-state index contributed by atoms with van der Waals surface area (Å²) in [6, 6.07) is 11.8. The summed E-state index contributed by atoms with van der Waals surface area (Å²) in [4.78, 5) is 0.316. The second-order valence-corrected chi connectivity index (χ2v) is 9.69. The molecule has 7 heteroatoms. The summed E-state index contributed by atoms with van der Waals surface area (Å²) in [6.45, 7) is 1.43. The van der Waals surface area contributed by atoms with Crippen LogP contribution in [0.2, 0.25) is 0 Å². The summed E-state index contributed by atoms with van der Waals surface area (Å²) in [6.07, 6.45) is 1.34. The van der Waals surface area contributed by atoms with Gasteiger partial charge < -0.3 is 4.74 Å². The highest BCUT2D eigenvalue weighted by molar-refractivity contribution is 7.99. The van der Waals surface area contributed by atoms with Crippen LogP contribution < -0.4 is 4.74 Å². The average Bonchev–Trinajstić information content (AvgIpc) is 2.97. The summed E-state index contributed by atoms with van der Waals surface area (Å²) in [5.41, 5.74) is 1.60. The van der Waals surface area contributed by atoms with E-state index in [1.807, 2.05) is 6.07 Å². The molecule has 2 aromatic carbocycles. The van der Waals surface area contributed by atoms with Gasteiger partial charge in [-0.2, -0.15) is 16.1 Å². The zero-order valence-corrected chi connectivity index (χ0v) is 15.9. The molecule has 0 unspecified atom stereocenters. The van der Waals surface area contributed by atoms with Crippen molar-refractivity contribution in [3.63, 3.8) is 0 Å². The van der Waals surface area contributed by atoms with Crippen molar-refractivity contribution in [2.75, 3.05) is 25.4 Å². The lowest BCUT2D eigenvalue weighted by Gasteiger charge is -2.20. The Labute approximate surface area is 157 Å². The lowest BCUT2D eigenvalue weighted by molar-refractivity contribution is 0.356. The molecular weight excluding hydrogens is 373 g/mol. The van der Waals surface area contributed by atoms with Gasteiger partial charge >= 0.3 is 0 Å². The molecule has 0 N–H and O–H groups in total. The lowest BCUT2D eigenvalue weighted by Crippen LogP contribution is -2.33. The first-order chi connectivity index (χ1) is 12.6. The van der Waals surface area contributed by atoms with E-state index in [9.17, 15) is 12.8 Å². The van der Waals surface area contributed by atoms with Crippen molar-refractivity contribution in [1.82, 2.24) is 4.31 Å². The molecule has 2 heterocycles. The summed E-state index contributed by atoms with van der Waals surface area (Å²) in [5, 5.41) is -0.0233. The van der Waals surface area contributed by atoms with E-state index in [1.54, 1.807) is 42.1 Å². The van der Waals surface area contributed by atoms with Crippen molar-refractivity contribution in [2.24, 2.45) is 0 Å². The predicted octanol–water partition coefficient (Wildman–Crippen LogP) is 3.63. The highest BCUT2D eigenvalue weighted by Gasteiger charge is 2.30. The van der Waals surface area contributed by atoms with Crippen molar-refractivity contribution in [1.29, 1.82) is 0 Å². The molecule has 0 radical (unpaired) electrons. The number of nitrogens with zero attached hydrogens (tertiary/aromatic N) is 1. The van der Waals surface area contributed by atoms with Crippen LogP contribution in [-0.2, 0) is 16.4 Å². The Morgan fingerprint density at radius 3 is 2.85 bits per heavy atom. The number of benzene rings is 2. The van der Waals surface area contributed by atoms with Gasteiger partial charge in [0.05, 0.1) is 11.5 Å². The van der Waals surface area contributed by atoms with Crippen molar-refractivity contribution in [2.45, 2.75) is 23.0 Å². The molecule has 0 saturated carbocycles. The van der Waals surface area contributed by atoms with E-state index in [2.05, 4.69) is 0 Å². The molecule has 138 valence electrons. The molecule has 4 nitrogen and oxygen atoms in total. The first-order valence-corrected chi connectivity index (χ1v) is 11.2. The summed E-state index contributed by atoms with van der Waals surface area (Å²) in [7, 11) is -3.55. The molecule has 4 rings (SSSR count). The second-order valence-electron chi connectivity index (χ2n) is 6.44. The molecule has 1 atom stereocenters. The molecule has 2 aromatic rings. The van der Waals surface area contributed by atoms with E-state index in [4.69, 9.17) is 4.74 Å². The van der Waals surface area contributed by atoms with Crippen LogP contribution in [0, 0.1) is 5.82 Å². The minimum absolute atomic E-state index is 0.0233. The van der Waals surface area contributed by atoms with Gasteiger partial charge in [-0.15, -0.1) is 0 Å². The number of hydrogen-bond donors (Lipinski definition) is 0. The van der Waals surface area contributed by atoms with Crippen LogP contribution in [0.3, 0.4) is 0 Å². The Balaban J connectivity index is 1.54. The highest BCUT2D eigenvalue weighted by atomic mass is 32.2. The third kappa shape index (κ3) is 3.35. The van der Waals surface area contributed by atoms with E-state index in [0.29, 0.717) is 42.3 Å². The summed E-state index contributed by atoms with van der Waals surface area (Å²) >= 11 is 1.62. The molecule has 0 aliphatic carbocycles. The topological polar surface area (TPSA) is 46.6 Å². The molecule has 0 spiro atoms. The monoisotopic (exact) mass is 393 g/mol. The van der Waals surface area contributed by atoms with Gasteiger partial charge in [0.1, 0.15) is 11.6 Å². The van der Waals surface area contributed by atoms with Crippen LogP contribution in [0.4, 0.5) is 4.39 Å². The first kappa shape index (κ1) is 17.8. The van der Waals surface area contributed by atoms with Gasteiger partial charge in [-0.05, 0) is 36.2 Å². The maximum atomic E-state index is 14.1. The maximum Gasteiger partial charge on any atom is 0.243 e. The van der Waals surface area contributed by atoms with E-state index >= 15 is 0 Å². The number of sulfonamides is 1. The molecule has 0 amide bonds. The number of rotatable bonds is 3. The zero-order chi connectivity index (χ0) is 18.1. The Kier molecular flexibility index (Phi) is 4.94. The molecular formula is C19H20FNO3S2. The maximum absolute atomic E-state index is 14.1. The largest absolute Gasteiger partial charge is 0.493 e. The summed E-state index contributed by atoms with van der Waals surface area (Å²) in [5.74, 6) is 1.20. The van der Waals surface area contributed by atoms with Crippen LogP contribution in [0.15, 0.2) is 47.4 Å². The van der Waals surface area contributed by atoms with Crippen LogP contribution in [-0.4, -0.2) is 38.2 Å². The second kappa shape index (κ2) is 7.21. The van der Waals surface area contributed by atoms with E-state index in [-0.39, 0.29) is 11.1 Å². The van der Waals surface area contributed by atoms with E-state index < -0.39 is 10.0 Å². The third-order valence-electron chi connectivity index (χ3n) is 4.85. The quantitative estimate of drug-likeness (QED) is 0.799. The Morgan fingerprint density at radius 1 is 1.15 bits per heavy atom. The van der Waals surface area contributed by atoms with Crippen molar-refractivity contribution in [3.8, 4) is 5.75 Å². The van der Waals surface area contributed by atoms with E-state index in [1.165, 1.54) is 10.4 Å². The number of halogens is 1. The Bertz CT molecular complexity index is 917. The average molecular weight is 394 g/mol. The number of hydrogen-bond acceptors (Lipinski definition) is 4. The van der Waals surface area contributed by atoms with Crippen molar-refractivity contribution in [3.05, 3.63) is 59.4 Å². The first-order valence-electron chi connectivity index (χ1n) is 8.67. The van der Waals surface area contributed by atoms with Crippen LogP contribution in [0.1, 0.15) is 22.8 Å². The Hall–Kier alpha value is -1.57. The van der Waals surface area contributed by atoms with Crippen LogP contribution in [0.25, 0.3) is 0 Å². The predicted molar refractivity (Wildman–Crippen MR) is 101 cm³/mol. The SMILES string of the molecule is O=S(=O)(c1ccc2c(c1)CCO2)N1CCS[C@@H](c2ccccc2F)CC1.